The molecule has 2 nitrogen and oxygen atoms in total. The first-order valence-electron chi connectivity index (χ1n) is 14.0. The Balaban J connectivity index is 1.55. The monoisotopic (exact) mass is 440 g/mol. The summed E-state index contributed by atoms with van der Waals surface area (Å²) in [5.74, 6) is 3.91. The highest BCUT2D eigenvalue weighted by Crippen LogP contribution is 2.77. The Labute approximate surface area is 198 Å². The molecular formula is C30H52N2. The zero-order valence-corrected chi connectivity index (χ0v) is 22.1. The number of allylic oxidation sites excluding steroid dienone is 1. The van der Waals surface area contributed by atoms with E-state index in [0.717, 1.165) is 30.2 Å². The largest absolute Gasteiger partial charge is 0.330 e. The average Bonchev–Trinajstić information content (AvgIpc) is 3.12. The van der Waals surface area contributed by atoms with Crippen LogP contribution in [0.1, 0.15) is 106 Å². The molecule has 182 valence electrons. The maximum absolute atomic E-state index is 6.72. The van der Waals surface area contributed by atoms with Crippen LogP contribution in [0, 0.1) is 56.7 Å². The van der Waals surface area contributed by atoms with Gasteiger partial charge in [0.2, 0.25) is 0 Å². The summed E-state index contributed by atoms with van der Waals surface area (Å²) in [7, 11) is 0. The zero-order chi connectivity index (χ0) is 23.3. The van der Waals surface area contributed by atoms with E-state index in [1.165, 1.54) is 69.8 Å². The van der Waals surface area contributed by atoms with E-state index in [-0.39, 0.29) is 5.41 Å². The summed E-state index contributed by atoms with van der Waals surface area (Å²) in [6.45, 7) is 20.8. The van der Waals surface area contributed by atoms with Crippen molar-refractivity contribution in [1.29, 1.82) is 0 Å². The molecule has 32 heavy (non-hydrogen) atoms. The Kier molecular flexibility index (Phi) is 5.19. The minimum Gasteiger partial charge on any atom is -0.330 e. The molecule has 0 saturated heterocycles. The topological polar surface area (TPSA) is 52.0 Å². The molecule has 2 heteroatoms. The Bertz CT molecular complexity index is 786. The lowest BCUT2D eigenvalue weighted by atomic mass is 9.32. The first-order chi connectivity index (χ1) is 14.9. The second-order valence-electron chi connectivity index (χ2n) is 14.7. The van der Waals surface area contributed by atoms with E-state index in [2.05, 4.69) is 48.1 Å². The van der Waals surface area contributed by atoms with Crippen LogP contribution in [0.15, 0.2) is 12.2 Å². The van der Waals surface area contributed by atoms with Gasteiger partial charge in [-0.15, -0.1) is 0 Å². The van der Waals surface area contributed by atoms with Gasteiger partial charge in [0.05, 0.1) is 0 Å². The summed E-state index contributed by atoms with van der Waals surface area (Å²) in [6, 6.07) is 0.367. The predicted molar refractivity (Wildman–Crippen MR) is 136 cm³/mol. The summed E-state index contributed by atoms with van der Waals surface area (Å²) < 4.78 is 0. The molecule has 5 fully saturated rings. The van der Waals surface area contributed by atoms with Gasteiger partial charge in [0, 0.05) is 6.04 Å². The van der Waals surface area contributed by atoms with Crippen LogP contribution in [0.5, 0.6) is 0 Å². The van der Waals surface area contributed by atoms with E-state index in [4.69, 9.17) is 11.5 Å². The molecule has 5 aliphatic rings. The molecule has 0 heterocycles. The van der Waals surface area contributed by atoms with Crippen LogP contribution in [0.4, 0.5) is 0 Å². The van der Waals surface area contributed by atoms with Gasteiger partial charge in [-0.2, -0.15) is 0 Å². The molecule has 0 aliphatic heterocycles. The summed E-state index contributed by atoms with van der Waals surface area (Å²) >= 11 is 0. The molecule has 0 aromatic carbocycles. The van der Waals surface area contributed by atoms with Crippen LogP contribution < -0.4 is 11.5 Å². The highest BCUT2D eigenvalue weighted by atomic mass is 14.8. The fourth-order valence-corrected chi connectivity index (χ4v) is 11.7. The second-order valence-corrected chi connectivity index (χ2v) is 14.7. The number of hydrogen-bond donors (Lipinski definition) is 2. The van der Waals surface area contributed by atoms with Gasteiger partial charge in [-0.3, -0.25) is 0 Å². The number of nitrogens with two attached hydrogens (primary N) is 2. The molecule has 0 spiro atoms. The van der Waals surface area contributed by atoms with E-state index in [9.17, 15) is 0 Å². The van der Waals surface area contributed by atoms with Gasteiger partial charge in [-0.05, 0) is 134 Å². The summed E-state index contributed by atoms with van der Waals surface area (Å²) in [6.07, 6.45) is 13.6. The van der Waals surface area contributed by atoms with Gasteiger partial charge in [0.1, 0.15) is 0 Å². The number of hydrogen-bond acceptors (Lipinski definition) is 2. The lowest BCUT2D eigenvalue weighted by Gasteiger charge is -2.73. The highest BCUT2D eigenvalue weighted by Gasteiger charge is 2.70. The molecule has 4 N–H and O–H groups in total. The third-order valence-corrected chi connectivity index (χ3v) is 13.8. The van der Waals surface area contributed by atoms with Crippen LogP contribution in [0.25, 0.3) is 0 Å². The highest BCUT2D eigenvalue weighted by molar-refractivity contribution is 5.21. The molecule has 0 amide bonds. The van der Waals surface area contributed by atoms with Gasteiger partial charge in [0.25, 0.3) is 0 Å². The summed E-state index contributed by atoms with van der Waals surface area (Å²) in [5, 5.41) is 0. The molecular weight excluding hydrogens is 388 g/mol. The molecule has 0 aromatic heterocycles. The molecule has 5 rings (SSSR count). The van der Waals surface area contributed by atoms with Crippen molar-refractivity contribution in [1.82, 2.24) is 0 Å². The van der Waals surface area contributed by atoms with Gasteiger partial charge in [-0.1, -0.05) is 46.8 Å². The van der Waals surface area contributed by atoms with E-state index in [0.29, 0.717) is 33.6 Å². The van der Waals surface area contributed by atoms with E-state index < -0.39 is 0 Å². The van der Waals surface area contributed by atoms with Gasteiger partial charge in [0.15, 0.2) is 0 Å². The van der Waals surface area contributed by atoms with Crippen LogP contribution in [-0.4, -0.2) is 12.6 Å². The van der Waals surface area contributed by atoms with E-state index >= 15 is 0 Å². The lowest BCUT2D eigenvalue weighted by molar-refractivity contribution is -0.237. The third-order valence-electron chi connectivity index (χ3n) is 13.8. The van der Waals surface area contributed by atoms with Crippen molar-refractivity contribution < 1.29 is 0 Å². The van der Waals surface area contributed by atoms with Gasteiger partial charge >= 0.3 is 0 Å². The summed E-state index contributed by atoms with van der Waals surface area (Å²) in [5.41, 5.74) is 16.7. The average molecular weight is 441 g/mol. The normalized spacial score (nSPS) is 56.5. The van der Waals surface area contributed by atoms with Gasteiger partial charge < -0.3 is 11.5 Å². The molecule has 0 aromatic rings. The first kappa shape index (κ1) is 23.4. The van der Waals surface area contributed by atoms with Crippen LogP contribution in [0.3, 0.4) is 0 Å². The third kappa shape index (κ3) is 2.66. The predicted octanol–water partition coefficient (Wildman–Crippen LogP) is 6.93. The quantitative estimate of drug-likeness (QED) is 0.457. The number of rotatable bonds is 2. The fourth-order valence-electron chi connectivity index (χ4n) is 11.7. The van der Waals surface area contributed by atoms with Crippen LogP contribution in [-0.2, 0) is 0 Å². The van der Waals surface area contributed by atoms with Crippen molar-refractivity contribution in [2.75, 3.05) is 6.54 Å². The summed E-state index contributed by atoms with van der Waals surface area (Å²) in [4.78, 5) is 0. The fraction of sp³-hybridized carbons (Fsp3) is 0.933. The van der Waals surface area contributed by atoms with Crippen molar-refractivity contribution >= 4 is 0 Å². The molecule has 0 unspecified atom stereocenters. The maximum Gasteiger partial charge on any atom is 0.00933 e. The number of fused-ring (bicyclic) bond motifs is 7. The lowest BCUT2D eigenvalue weighted by Crippen LogP contribution is -2.67. The first-order valence-corrected chi connectivity index (χ1v) is 14.0. The van der Waals surface area contributed by atoms with Crippen molar-refractivity contribution in [3.8, 4) is 0 Å². The molecule has 0 radical (unpaired) electrons. The van der Waals surface area contributed by atoms with E-state index in [1.807, 2.05) is 0 Å². The second kappa shape index (κ2) is 7.09. The minimum absolute atomic E-state index is 0.268. The SMILES string of the molecule is C=C(C)[C@@H]1CC[C@]2(CN)CC[C@]3(C)[C@H](CC[C@@H]4[C@@]5(C)CC[C@H](N)C(C)(C)[C@@H]5CC[C@]43C)[C@@H]12. The smallest absolute Gasteiger partial charge is 0.00933 e. The Morgan fingerprint density at radius 2 is 1.53 bits per heavy atom. The Morgan fingerprint density at radius 1 is 0.812 bits per heavy atom. The van der Waals surface area contributed by atoms with E-state index in [1.54, 1.807) is 0 Å². The van der Waals surface area contributed by atoms with Crippen LogP contribution in [0.2, 0.25) is 0 Å². The standard InChI is InChI=1S/C30H52N2/c1-19(2)20-10-15-30(18-31)17-16-28(6)21(25(20)30)8-9-23-27(5)13-12-24(32)26(3,4)22(27)11-14-29(23,28)7/h20-25H,1,8-18,31-32H2,2-7H3/t20-,21+,22-,23+,24-,25+,27-,28+,29+,30+/m0/s1. The van der Waals surface area contributed by atoms with Crippen LogP contribution >= 0.6 is 0 Å². The maximum atomic E-state index is 6.72. The Morgan fingerprint density at radius 3 is 2.19 bits per heavy atom. The van der Waals surface area contributed by atoms with Crippen molar-refractivity contribution in [2.45, 2.75) is 112 Å². The zero-order valence-electron chi connectivity index (χ0n) is 22.1. The van der Waals surface area contributed by atoms with Crippen molar-refractivity contribution in [2.24, 2.45) is 68.1 Å². The molecule has 0 bridgehead atoms. The van der Waals surface area contributed by atoms with Crippen molar-refractivity contribution in [3.05, 3.63) is 12.2 Å². The van der Waals surface area contributed by atoms with Crippen molar-refractivity contribution in [3.63, 3.8) is 0 Å². The Hall–Kier alpha value is -0.340. The van der Waals surface area contributed by atoms with Gasteiger partial charge in [-0.25, -0.2) is 0 Å². The minimum atomic E-state index is 0.268. The molecule has 10 atom stereocenters. The molecule has 5 saturated carbocycles. The molecule has 5 aliphatic carbocycles.